The van der Waals surface area contributed by atoms with Crippen LogP contribution in [0.5, 0.6) is 0 Å². The fourth-order valence-corrected chi connectivity index (χ4v) is 3.25. The van der Waals surface area contributed by atoms with Crippen molar-refractivity contribution in [2.45, 2.75) is 13.5 Å². The SMILES string of the molecule is Cc1c(C(=O)O)cccc1-c1ccc(C=C2C(=O)NC(=O)N(Cc3ccco3)C2=O)o1. The molecule has 1 aliphatic heterocycles. The van der Waals surface area contributed by atoms with Gasteiger partial charge in [-0.1, -0.05) is 12.1 Å². The van der Waals surface area contributed by atoms with Gasteiger partial charge in [0, 0.05) is 5.56 Å². The Morgan fingerprint density at radius 2 is 1.94 bits per heavy atom. The van der Waals surface area contributed by atoms with Crippen molar-refractivity contribution in [3.8, 4) is 11.3 Å². The van der Waals surface area contributed by atoms with Gasteiger partial charge in [0.2, 0.25) is 0 Å². The highest BCUT2D eigenvalue weighted by Gasteiger charge is 2.36. The summed E-state index contributed by atoms with van der Waals surface area (Å²) in [6, 6.07) is 10.3. The number of carbonyl (C=O) groups excluding carboxylic acids is 3. The maximum absolute atomic E-state index is 12.8. The summed E-state index contributed by atoms with van der Waals surface area (Å²) in [5.74, 6) is -1.73. The Morgan fingerprint density at radius 1 is 1.13 bits per heavy atom. The molecule has 9 nitrogen and oxygen atoms in total. The molecule has 0 bridgehead atoms. The van der Waals surface area contributed by atoms with Crippen LogP contribution in [0, 0.1) is 6.92 Å². The van der Waals surface area contributed by atoms with Crippen molar-refractivity contribution < 1.29 is 33.1 Å². The summed E-state index contributed by atoms with van der Waals surface area (Å²) in [4.78, 5) is 49.3. The Morgan fingerprint density at radius 3 is 2.65 bits per heavy atom. The number of carboxylic acids is 1. The third kappa shape index (κ3) is 3.76. The summed E-state index contributed by atoms with van der Waals surface area (Å²) in [6.45, 7) is 1.53. The third-order valence-corrected chi connectivity index (χ3v) is 4.82. The smallest absolute Gasteiger partial charge is 0.335 e. The number of imide groups is 2. The number of urea groups is 1. The van der Waals surface area contributed by atoms with Crippen LogP contribution >= 0.6 is 0 Å². The molecule has 31 heavy (non-hydrogen) atoms. The molecule has 1 saturated heterocycles. The van der Waals surface area contributed by atoms with Crippen molar-refractivity contribution in [3.63, 3.8) is 0 Å². The molecule has 1 fully saturated rings. The van der Waals surface area contributed by atoms with Crippen molar-refractivity contribution in [3.05, 3.63) is 76.9 Å². The molecule has 4 amide bonds. The minimum absolute atomic E-state index is 0.132. The Labute approximate surface area is 175 Å². The van der Waals surface area contributed by atoms with Crippen LogP contribution in [0.15, 0.2) is 63.1 Å². The number of carbonyl (C=O) groups is 4. The Balaban J connectivity index is 1.64. The molecule has 0 aliphatic carbocycles. The molecule has 2 aromatic heterocycles. The lowest BCUT2D eigenvalue weighted by molar-refractivity contribution is -0.130. The fourth-order valence-electron chi connectivity index (χ4n) is 3.25. The maximum Gasteiger partial charge on any atom is 0.335 e. The van der Waals surface area contributed by atoms with Crippen LogP contribution in [0.4, 0.5) is 4.79 Å². The first-order chi connectivity index (χ1) is 14.8. The van der Waals surface area contributed by atoms with Crippen LogP contribution in [-0.4, -0.2) is 33.8 Å². The van der Waals surface area contributed by atoms with Crippen molar-refractivity contribution in [2.24, 2.45) is 0 Å². The van der Waals surface area contributed by atoms with Crippen molar-refractivity contribution >= 4 is 29.9 Å². The standard InChI is InChI=1S/C22H16N2O7/c1-12-15(5-2-6-16(12)21(27)28)18-8-7-13(31-18)10-17-19(25)23-22(29)24(20(17)26)11-14-4-3-9-30-14/h2-10H,11H2,1H3,(H,27,28)(H,23,25,29). The Hall–Kier alpha value is -4.40. The monoisotopic (exact) mass is 420 g/mol. The highest BCUT2D eigenvalue weighted by atomic mass is 16.4. The van der Waals surface area contributed by atoms with Gasteiger partial charge in [-0.3, -0.25) is 19.8 Å². The molecular formula is C22H16N2O7. The summed E-state index contributed by atoms with van der Waals surface area (Å²) >= 11 is 0. The van der Waals surface area contributed by atoms with Crippen LogP contribution in [-0.2, 0) is 16.1 Å². The van der Waals surface area contributed by atoms with Crippen LogP contribution in [0.3, 0.4) is 0 Å². The summed E-state index contributed by atoms with van der Waals surface area (Å²) in [7, 11) is 0. The molecule has 0 spiro atoms. The number of hydrogen-bond acceptors (Lipinski definition) is 6. The van der Waals surface area contributed by atoms with Gasteiger partial charge in [0.15, 0.2) is 0 Å². The first-order valence-electron chi connectivity index (χ1n) is 9.19. The van der Waals surface area contributed by atoms with Crippen molar-refractivity contribution in [1.29, 1.82) is 0 Å². The van der Waals surface area contributed by atoms with Crippen LogP contribution in [0.25, 0.3) is 17.4 Å². The van der Waals surface area contributed by atoms with E-state index in [4.69, 9.17) is 8.83 Å². The zero-order valence-electron chi connectivity index (χ0n) is 16.2. The maximum atomic E-state index is 12.8. The number of benzene rings is 1. The van der Waals surface area contributed by atoms with E-state index in [2.05, 4.69) is 5.32 Å². The van der Waals surface area contributed by atoms with Gasteiger partial charge < -0.3 is 13.9 Å². The van der Waals surface area contributed by atoms with Crippen LogP contribution in [0.2, 0.25) is 0 Å². The van der Waals surface area contributed by atoms with E-state index in [0.29, 0.717) is 22.6 Å². The molecule has 3 aromatic rings. The van der Waals surface area contributed by atoms with Gasteiger partial charge in [-0.25, -0.2) is 9.59 Å². The number of nitrogens with one attached hydrogen (secondary N) is 1. The number of furan rings is 2. The zero-order chi connectivity index (χ0) is 22.1. The molecule has 0 unspecified atom stereocenters. The van der Waals surface area contributed by atoms with Gasteiger partial charge in [0.1, 0.15) is 22.9 Å². The first kappa shape index (κ1) is 19.9. The van der Waals surface area contributed by atoms with E-state index in [0.717, 1.165) is 4.90 Å². The number of barbiturate groups is 1. The van der Waals surface area contributed by atoms with E-state index in [9.17, 15) is 24.3 Å². The Bertz CT molecular complexity index is 1230. The number of hydrogen-bond donors (Lipinski definition) is 2. The molecule has 156 valence electrons. The zero-order valence-corrected chi connectivity index (χ0v) is 16.2. The highest BCUT2D eigenvalue weighted by Crippen LogP contribution is 2.29. The summed E-state index contributed by atoms with van der Waals surface area (Å²) in [5, 5.41) is 11.4. The van der Waals surface area contributed by atoms with Crippen LogP contribution < -0.4 is 5.32 Å². The predicted molar refractivity (Wildman–Crippen MR) is 107 cm³/mol. The first-order valence-corrected chi connectivity index (χ1v) is 9.19. The van der Waals surface area contributed by atoms with Crippen molar-refractivity contribution in [1.82, 2.24) is 10.2 Å². The normalized spacial score (nSPS) is 15.5. The van der Waals surface area contributed by atoms with Gasteiger partial charge >= 0.3 is 12.0 Å². The molecule has 2 N–H and O–H groups in total. The second-order valence-corrected chi connectivity index (χ2v) is 6.77. The average Bonchev–Trinajstić information content (AvgIpc) is 3.40. The molecule has 0 saturated carbocycles. The number of carboxylic acid groups (broad SMARTS) is 1. The average molecular weight is 420 g/mol. The van der Waals surface area contributed by atoms with E-state index >= 15 is 0 Å². The van der Waals surface area contributed by atoms with E-state index in [-0.39, 0.29) is 23.4 Å². The summed E-state index contributed by atoms with van der Waals surface area (Å²) < 4.78 is 10.9. The molecule has 4 rings (SSSR count). The highest BCUT2D eigenvalue weighted by molar-refractivity contribution is 6.30. The van der Waals surface area contributed by atoms with Gasteiger partial charge in [-0.05, 0) is 48.9 Å². The lowest BCUT2D eigenvalue weighted by atomic mass is 10.0. The second kappa shape index (κ2) is 7.79. The third-order valence-electron chi connectivity index (χ3n) is 4.82. The fraction of sp³-hybridized carbons (Fsp3) is 0.0909. The molecule has 1 aromatic carbocycles. The number of rotatable bonds is 5. The topological polar surface area (TPSA) is 130 Å². The van der Waals surface area contributed by atoms with E-state index < -0.39 is 23.8 Å². The van der Waals surface area contributed by atoms with Gasteiger partial charge in [0.25, 0.3) is 11.8 Å². The summed E-state index contributed by atoms with van der Waals surface area (Å²) in [6.07, 6.45) is 2.65. The minimum Gasteiger partial charge on any atom is -0.478 e. The lowest BCUT2D eigenvalue weighted by Gasteiger charge is -2.25. The van der Waals surface area contributed by atoms with Gasteiger partial charge in [-0.15, -0.1) is 0 Å². The lowest BCUT2D eigenvalue weighted by Crippen LogP contribution is -2.53. The minimum atomic E-state index is -1.06. The van der Waals surface area contributed by atoms with E-state index in [1.165, 1.54) is 18.4 Å². The largest absolute Gasteiger partial charge is 0.478 e. The number of nitrogens with zero attached hydrogens (tertiary/aromatic N) is 1. The number of amides is 4. The molecule has 1 aliphatic rings. The molecule has 0 radical (unpaired) electrons. The van der Waals surface area contributed by atoms with Gasteiger partial charge in [-0.2, -0.15) is 0 Å². The van der Waals surface area contributed by atoms with E-state index in [1.807, 2.05) is 0 Å². The quantitative estimate of drug-likeness (QED) is 0.479. The second-order valence-electron chi connectivity index (χ2n) is 6.77. The predicted octanol–water partition coefficient (Wildman–Crippen LogP) is 3.21. The van der Waals surface area contributed by atoms with E-state index in [1.54, 1.807) is 43.3 Å². The molecule has 9 heteroatoms. The molecule has 0 atom stereocenters. The van der Waals surface area contributed by atoms with Crippen LogP contribution in [0.1, 0.15) is 27.4 Å². The molecular weight excluding hydrogens is 404 g/mol. The Kier molecular flexibility index (Phi) is 5.00. The summed E-state index contributed by atoms with van der Waals surface area (Å²) in [5.41, 5.74) is 0.953. The van der Waals surface area contributed by atoms with Gasteiger partial charge in [0.05, 0.1) is 18.4 Å². The molecule has 3 heterocycles. The number of aromatic carboxylic acids is 1. The van der Waals surface area contributed by atoms with Crippen molar-refractivity contribution in [2.75, 3.05) is 0 Å².